The highest BCUT2D eigenvalue weighted by Crippen LogP contribution is 2.11. The standard InChI is InChI=1S/C10H14ClN3S/c1-2-8(5-11)12-6-9-7-14-3-4-15-10(14)13-9/h3-4,7-8,12H,2,5-6H2,1H3. The van der Waals surface area contributed by atoms with E-state index < -0.39 is 0 Å². The van der Waals surface area contributed by atoms with Crippen LogP contribution in [0.25, 0.3) is 4.96 Å². The molecule has 0 fully saturated rings. The largest absolute Gasteiger partial charge is 0.307 e. The summed E-state index contributed by atoms with van der Waals surface area (Å²) in [6.07, 6.45) is 5.13. The van der Waals surface area contributed by atoms with Gasteiger partial charge in [0.15, 0.2) is 4.96 Å². The molecule has 2 heterocycles. The summed E-state index contributed by atoms with van der Waals surface area (Å²) >= 11 is 7.46. The Morgan fingerprint density at radius 3 is 3.20 bits per heavy atom. The van der Waals surface area contributed by atoms with Gasteiger partial charge in [0, 0.05) is 36.2 Å². The molecule has 15 heavy (non-hydrogen) atoms. The van der Waals surface area contributed by atoms with Crippen molar-refractivity contribution in [3.05, 3.63) is 23.5 Å². The lowest BCUT2D eigenvalue weighted by molar-refractivity contribution is 0.534. The second kappa shape index (κ2) is 4.96. The van der Waals surface area contributed by atoms with Crippen molar-refractivity contribution in [3.63, 3.8) is 0 Å². The van der Waals surface area contributed by atoms with Gasteiger partial charge in [-0.05, 0) is 6.42 Å². The monoisotopic (exact) mass is 243 g/mol. The second-order valence-electron chi connectivity index (χ2n) is 3.47. The summed E-state index contributed by atoms with van der Waals surface area (Å²) < 4.78 is 2.04. The van der Waals surface area contributed by atoms with E-state index in [-0.39, 0.29) is 0 Å². The van der Waals surface area contributed by atoms with Gasteiger partial charge in [0.25, 0.3) is 0 Å². The van der Waals surface area contributed by atoms with Crippen molar-refractivity contribution in [1.82, 2.24) is 14.7 Å². The third-order valence-corrected chi connectivity index (χ3v) is 3.54. The fraction of sp³-hybridized carbons (Fsp3) is 0.500. The molecule has 0 bridgehead atoms. The van der Waals surface area contributed by atoms with Gasteiger partial charge in [-0.15, -0.1) is 22.9 Å². The number of nitrogens with one attached hydrogen (secondary N) is 1. The number of hydrogen-bond acceptors (Lipinski definition) is 3. The van der Waals surface area contributed by atoms with E-state index in [1.807, 2.05) is 16.0 Å². The molecule has 2 aromatic rings. The maximum atomic E-state index is 5.81. The molecule has 0 aliphatic rings. The van der Waals surface area contributed by atoms with Crippen LogP contribution in [0.15, 0.2) is 17.8 Å². The Morgan fingerprint density at radius 1 is 1.67 bits per heavy atom. The van der Waals surface area contributed by atoms with Gasteiger partial charge < -0.3 is 5.32 Å². The summed E-state index contributed by atoms with van der Waals surface area (Å²) in [7, 11) is 0. The van der Waals surface area contributed by atoms with Crippen LogP contribution in [0, 0.1) is 0 Å². The van der Waals surface area contributed by atoms with E-state index in [1.54, 1.807) is 11.3 Å². The first kappa shape index (κ1) is 10.9. The van der Waals surface area contributed by atoms with Crippen molar-refractivity contribution >= 4 is 27.9 Å². The zero-order valence-electron chi connectivity index (χ0n) is 8.61. The van der Waals surface area contributed by atoms with Crippen LogP contribution in [-0.2, 0) is 6.54 Å². The summed E-state index contributed by atoms with van der Waals surface area (Å²) in [5.74, 6) is 0.652. The van der Waals surface area contributed by atoms with E-state index in [1.165, 1.54) is 0 Å². The van der Waals surface area contributed by atoms with Crippen LogP contribution in [0.2, 0.25) is 0 Å². The number of hydrogen-bond donors (Lipinski definition) is 1. The molecule has 2 aromatic heterocycles. The SMILES string of the molecule is CCC(CCl)NCc1cn2ccsc2n1. The molecule has 0 radical (unpaired) electrons. The molecule has 1 N–H and O–H groups in total. The first-order valence-electron chi connectivity index (χ1n) is 5.04. The Labute approximate surface area is 98.1 Å². The summed E-state index contributed by atoms with van der Waals surface area (Å²) in [5, 5.41) is 5.42. The van der Waals surface area contributed by atoms with E-state index in [9.17, 15) is 0 Å². The lowest BCUT2D eigenvalue weighted by atomic mass is 10.2. The summed E-state index contributed by atoms with van der Waals surface area (Å²) in [6, 6.07) is 0.381. The van der Waals surface area contributed by atoms with Crippen molar-refractivity contribution in [1.29, 1.82) is 0 Å². The highest BCUT2D eigenvalue weighted by atomic mass is 35.5. The number of nitrogens with zero attached hydrogens (tertiary/aromatic N) is 2. The van der Waals surface area contributed by atoms with Crippen LogP contribution in [-0.4, -0.2) is 21.3 Å². The Morgan fingerprint density at radius 2 is 2.53 bits per heavy atom. The van der Waals surface area contributed by atoms with Crippen LogP contribution >= 0.6 is 22.9 Å². The molecule has 0 aliphatic carbocycles. The number of thiazole rings is 1. The van der Waals surface area contributed by atoms with Crippen molar-refractivity contribution in [2.75, 3.05) is 5.88 Å². The molecule has 2 rings (SSSR count). The minimum atomic E-state index is 0.381. The molecule has 0 amide bonds. The van der Waals surface area contributed by atoms with Crippen LogP contribution in [0.1, 0.15) is 19.0 Å². The van der Waals surface area contributed by atoms with Crippen LogP contribution < -0.4 is 5.32 Å². The van der Waals surface area contributed by atoms with Crippen LogP contribution in [0.5, 0.6) is 0 Å². The molecule has 0 saturated carbocycles. The summed E-state index contributed by atoms with van der Waals surface area (Å²) in [6.45, 7) is 2.92. The molecule has 1 unspecified atom stereocenters. The van der Waals surface area contributed by atoms with E-state index >= 15 is 0 Å². The number of alkyl halides is 1. The molecule has 82 valence electrons. The molecule has 0 saturated heterocycles. The molecule has 0 spiro atoms. The van der Waals surface area contributed by atoms with Gasteiger partial charge >= 0.3 is 0 Å². The Bertz CT molecular complexity index is 390. The van der Waals surface area contributed by atoms with Gasteiger partial charge in [-0.3, -0.25) is 4.40 Å². The van der Waals surface area contributed by atoms with Crippen LogP contribution in [0.3, 0.4) is 0 Å². The predicted octanol–water partition coefficient (Wildman–Crippen LogP) is 2.50. The Kier molecular flexibility index (Phi) is 3.61. The Balaban J connectivity index is 1.97. The lowest BCUT2D eigenvalue weighted by Crippen LogP contribution is -2.29. The Hall–Kier alpha value is -0.580. The van der Waals surface area contributed by atoms with Gasteiger partial charge in [0.2, 0.25) is 0 Å². The van der Waals surface area contributed by atoms with E-state index in [0.717, 1.165) is 23.6 Å². The normalized spacial score (nSPS) is 13.5. The minimum Gasteiger partial charge on any atom is -0.307 e. The number of rotatable bonds is 5. The number of imidazole rings is 1. The van der Waals surface area contributed by atoms with E-state index in [4.69, 9.17) is 11.6 Å². The average Bonchev–Trinajstić information content (AvgIpc) is 2.79. The number of halogens is 1. The van der Waals surface area contributed by atoms with Gasteiger partial charge in [-0.1, -0.05) is 6.92 Å². The lowest BCUT2D eigenvalue weighted by Gasteiger charge is -2.11. The zero-order chi connectivity index (χ0) is 10.7. The highest BCUT2D eigenvalue weighted by molar-refractivity contribution is 7.15. The van der Waals surface area contributed by atoms with Crippen LogP contribution in [0.4, 0.5) is 0 Å². The first-order valence-corrected chi connectivity index (χ1v) is 6.45. The molecule has 1 atom stereocenters. The number of fused-ring (bicyclic) bond motifs is 1. The van der Waals surface area contributed by atoms with Crippen molar-refractivity contribution in [2.24, 2.45) is 0 Å². The maximum Gasteiger partial charge on any atom is 0.193 e. The summed E-state index contributed by atoms with van der Waals surface area (Å²) in [5.41, 5.74) is 1.07. The molecule has 5 heteroatoms. The smallest absolute Gasteiger partial charge is 0.193 e. The zero-order valence-corrected chi connectivity index (χ0v) is 10.2. The fourth-order valence-corrected chi connectivity index (χ4v) is 2.46. The fourth-order valence-electron chi connectivity index (χ4n) is 1.42. The molecule has 0 aliphatic heterocycles. The second-order valence-corrected chi connectivity index (χ2v) is 4.65. The molecular weight excluding hydrogens is 230 g/mol. The van der Waals surface area contributed by atoms with Gasteiger partial charge in [-0.25, -0.2) is 4.98 Å². The third kappa shape index (κ3) is 2.51. The maximum absolute atomic E-state index is 5.81. The van der Waals surface area contributed by atoms with Crippen molar-refractivity contribution < 1.29 is 0 Å². The summed E-state index contributed by atoms with van der Waals surface area (Å²) in [4.78, 5) is 5.54. The third-order valence-electron chi connectivity index (χ3n) is 2.39. The average molecular weight is 244 g/mol. The van der Waals surface area contributed by atoms with Gasteiger partial charge in [-0.2, -0.15) is 0 Å². The van der Waals surface area contributed by atoms with Gasteiger partial charge in [0.05, 0.1) is 5.69 Å². The topological polar surface area (TPSA) is 29.3 Å². The van der Waals surface area contributed by atoms with Gasteiger partial charge in [0.1, 0.15) is 0 Å². The highest BCUT2D eigenvalue weighted by Gasteiger charge is 2.06. The molecule has 3 nitrogen and oxygen atoms in total. The molecular formula is C10H14ClN3S. The van der Waals surface area contributed by atoms with Crippen molar-refractivity contribution in [2.45, 2.75) is 25.9 Å². The quantitative estimate of drug-likeness (QED) is 0.818. The van der Waals surface area contributed by atoms with Crippen molar-refractivity contribution in [3.8, 4) is 0 Å². The first-order chi connectivity index (χ1) is 7.33. The van der Waals surface area contributed by atoms with E-state index in [0.29, 0.717) is 11.9 Å². The predicted molar refractivity (Wildman–Crippen MR) is 64.7 cm³/mol. The number of aromatic nitrogens is 2. The van der Waals surface area contributed by atoms with E-state index in [2.05, 4.69) is 23.4 Å². The molecule has 0 aromatic carbocycles. The minimum absolute atomic E-state index is 0.381.